The lowest BCUT2D eigenvalue weighted by molar-refractivity contribution is 0.134. The van der Waals surface area contributed by atoms with Crippen LogP contribution in [-0.2, 0) is 6.54 Å². The summed E-state index contributed by atoms with van der Waals surface area (Å²) < 4.78 is 27.6. The number of hydrogen-bond acceptors (Lipinski definition) is 2. The highest BCUT2D eigenvalue weighted by Crippen LogP contribution is 2.26. The second-order valence-electron chi connectivity index (χ2n) is 4.59. The van der Waals surface area contributed by atoms with Crippen LogP contribution in [0, 0.1) is 0 Å². The molecule has 3 nitrogen and oxygen atoms in total. The van der Waals surface area contributed by atoms with Crippen molar-refractivity contribution < 1.29 is 8.78 Å². The van der Waals surface area contributed by atoms with Crippen LogP contribution in [0.15, 0.2) is 6.20 Å². The Kier molecular flexibility index (Phi) is 5.05. The summed E-state index contributed by atoms with van der Waals surface area (Å²) in [5.41, 5.74) is 0.640. The van der Waals surface area contributed by atoms with Gasteiger partial charge in [0, 0.05) is 24.2 Å². The molecular weight excluding hydrogens is 224 g/mol. The molecule has 1 unspecified atom stereocenters. The fourth-order valence-corrected chi connectivity index (χ4v) is 1.62. The van der Waals surface area contributed by atoms with E-state index in [2.05, 4.69) is 10.4 Å². The van der Waals surface area contributed by atoms with Crippen LogP contribution < -0.4 is 5.32 Å². The van der Waals surface area contributed by atoms with Crippen molar-refractivity contribution in [1.82, 2.24) is 15.1 Å². The lowest BCUT2D eigenvalue weighted by Gasteiger charge is -2.15. The van der Waals surface area contributed by atoms with Crippen molar-refractivity contribution in [1.29, 1.82) is 0 Å². The number of nitrogens with zero attached hydrogens (tertiary/aromatic N) is 2. The second-order valence-corrected chi connectivity index (χ2v) is 4.59. The molecule has 0 saturated heterocycles. The normalized spacial score (nSPS) is 13.6. The lowest BCUT2D eigenvalue weighted by Crippen LogP contribution is -2.22. The summed E-state index contributed by atoms with van der Waals surface area (Å²) in [6.07, 6.45) is -0.142. The maximum absolute atomic E-state index is 13.1. The summed E-state index contributed by atoms with van der Waals surface area (Å²) in [7, 11) is 0. The number of hydrogen-bond donors (Lipinski definition) is 1. The van der Waals surface area contributed by atoms with Gasteiger partial charge in [-0.2, -0.15) is 5.10 Å². The zero-order valence-electron chi connectivity index (χ0n) is 10.9. The average molecular weight is 245 g/mol. The van der Waals surface area contributed by atoms with Gasteiger partial charge in [-0.1, -0.05) is 20.8 Å². The summed E-state index contributed by atoms with van der Waals surface area (Å²) in [4.78, 5) is 0. The Hall–Kier alpha value is -0.970. The molecule has 17 heavy (non-hydrogen) atoms. The van der Waals surface area contributed by atoms with Crippen molar-refractivity contribution in [3.63, 3.8) is 0 Å². The zero-order valence-corrected chi connectivity index (χ0v) is 10.9. The SMILES string of the molecule is CCC(C)n1ncc(CNC(C)C)c1C(F)F. The van der Waals surface area contributed by atoms with E-state index in [1.807, 2.05) is 27.7 Å². The number of nitrogens with one attached hydrogen (secondary N) is 1. The van der Waals surface area contributed by atoms with Gasteiger partial charge in [-0.15, -0.1) is 0 Å². The minimum absolute atomic E-state index is 0.00630. The largest absolute Gasteiger partial charge is 0.310 e. The molecule has 0 saturated carbocycles. The van der Waals surface area contributed by atoms with Crippen molar-refractivity contribution >= 4 is 0 Å². The molecule has 1 N–H and O–H groups in total. The van der Waals surface area contributed by atoms with Gasteiger partial charge in [-0.3, -0.25) is 4.68 Å². The van der Waals surface area contributed by atoms with Gasteiger partial charge in [-0.25, -0.2) is 8.78 Å². The van der Waals surface area contributed by atoms with E-state index in [4.69, 9.17) is 0 Å². The minimum atomic E-state index is -2.48. The van der Waals surface area contributed by atoms with Crippen LogP contribution in [0.4, 0.5) is 8.78 Å². The highest BCUT2D eigenvalue weighted by molar-refractivity contribution is 5.19. The fourth-order valence-electron chi connectivity index (χ4n) is 1.62. The molecule has 0 amide bonds. The molecule has 0 aliphatic heterocycles. The van der Waals surface area contributed by atoms with E-state index in [9.17, 15) is 8.78 Å². The third-order valence-electron chi connectivity index (χ3n) is 2.83. The van der Waals surface area contributed by atoms with Gasteiger partial charge in [0.25, 0.3) is 6.43 Å². The number of alkyl halides is 2. The van der Waals surface area contributed by atoms with Crippen molar-refractivity contribution in [3.8, 4) is 0 Å². The molecular formula is C12H21F2N3. The summed E-state index contributed by atoms with van der Waals surface area (Å²) in [6.45, 7) is 8.28. The molecule has 0 bridgehead atoms. The van der Waals surface area contributed by atoms with Gasteiger partial charge < -0.3 is 5.32 Å². The predicted octanol–water partition coefficient (Wildman–Crippen LogP) is 3.29. The highest BCUT2D eigenvalue weighted by atomic mass is 19.3. The molecule has 1 aromatic heterocycles. The minimum Gasteiger partial charge on any atom is -0.310 e. The first kappa shape index (κ1) is 14.1. The van der Waals surface area contributed by atoms with Crippen molar-refractivity contribution in [3.05, 3.63) is 17.5 Å². The Labute approximate surface area is 101 Å². The summed E-state index contributed by atoms with van der Waals surface area (Å²) >= 11 is 0. The van der Waals surface area contributed by atoms with Crippen molar-refractivity contribution in [2.45, 2.75) is 59.2 Å². The smallest absolute Gasteiger partial charge is 0.280 e. The van der Waals surface area contributed by atoms with E-state index >= 15 is 0 Å². The Morgan fingerprint density at radius 1 is 1.35 bits per heavy atom. The van der Waals surface area contributed by atoms with Crippen molar-refractivity contribution in [2.75, 3.05) is 0 Å². The molecule has 1 atom stereocenters. The van der Waals surface area contributed by atoms with Gasteiger partial charge in [0.05, 0.1) is 6.20 Å². The predicted molar refractivity (Wildman–Crippen MR) is 64.2 cm³/mol. The van der Waals surface area contributed by atoms with Gasteiger partial charge in [-0.05, 0) is 13.3 Å². The average Bonchev–Trinajstić information content (AvgIpc) is 2.68. The molecule has 0 aliphatic carbocycles. The summed E-state index contributed by atoms with van der Waals surface area (Å²) in [5, 5.41) is 7.22. The number of rotatable bonds is 6. The Bertz CT molecular complexity index is 348. The van der Waals surface area contributed by atoms with Gasteiger partial charge in [0.2, 0.25) is 0 Å². The van der Waals surface area contributed by atoms with Gasteiger partial charge in [0.15, 0.2) is 0 Å². The van der Waals surface area contributed by atoms with Crippen LogP contribution in [0.3, 0.4) is 0 Å². The Morgan fingerprint density at radius 2 is 2.00 bits per heavy atom. The molecule has 0 aromatic carbocycles. The fraction of sp³-hybridized carbons (Fsp3) is 0.750. The third-order valence-corrected chi connectivity index (χ3v) is 2.83. The maximum Gasteiger partial charge on any atom is 0.280 e. The zero-order chi connectivity index (χ0) is 13.0. The molecule has 0 fully saturated rings. The van der Waals surface area contributed by atoms with Crippen LogP contribution >= 0.6 is 0 Å². The molecule has 5 heteroatoms. The number of aromatic nitrogens is 2. The van der Waals surface area contributed by atoms with Crippen LogP contribution in [0.1, 0.15) is 57.8 Å². The first-order valence-corrected chi connectivity index (χ1v) is 6.05. The molecule has 98 valence electrons. The van der Waals surface area contributed by atoms with Crippen molar-refractivity contribution in [2.24, 2.45) is 0 Å². The maximum atomic E-state index is 13.1. The van der Waals surface area contributed by atoms with Crippen LogP contribution in [0.2, 0.25) is 0 Å². The summed E-state index contributed by atoms with van der Waals surface area (Å²) in [6, 6.07) is 0.277. The van der Waals surface area contributed by atoms with Gasteiger partial charge in [0.1, 0.15) is 5.69 Å². The molecule has 1 heterocycles. The van der Waals surface area contributed by atoms with Crippen LogP contribution in [-0.4, -0.2) is 15.8 Å². The standard InChI is InChI=1S/C12H21F2N3/c1-5-9(4)17-11(12(13)14)10(7-16-17)6-15-8(2)3/h7-9,12,15H,5-6H2,1-4H3. The van der Waals surface area contributed by atoms with E-state index < -0.39 is 6.43 Å². The third kappa shape index (κ3) is 3.49. The first-order chi connectivity index (χ1) is 7.97. The first-order valence-electron chi connectivity index (χ1n) is 6.05. The van der Waals surface area contributed by atoms with E-state index in [1.165, 1.54) is 4.68 Å². The molecule has 0 spiro atoms. The molecule has 0 aliphatic rings. The van der Waals surface area contributed by atoms with E-state index in [0.29, 0.717) is 12.1 Å². The Morgan fingerprint density at radius 3 is 2.47 bits per heavy atom. The Balaban J connectivity index is 2.94. The lowest BCUT2D eigenvalue weighted by atomic mass is 10.2. The van der Waals surface area contributed by atoms with E-state index in [1.54, 1.807) is 6.20 Å². The quantitative estimate of drug-likeness (QED) is 0.833. The summed E-state index contributed by atoms with van der Waals surface area (Å²) in [5.74, 6) is 0. The molecule has 0 radical (unpaired) electrons. The number of halogens is 2. The second kappa shape index (κ2) is 6.10. The van der Waals surface area contributed by atoms with E-state index in [-0.39, 0.29) is 17.8 Å². The highest BCUT2D eigenvalue weighted by Gasteiger charge is 2.21. The van der Waals surface area contributed by atoms with Crippen LogP contribution in [0.25, 0.3) is 0 Å². The van der Waals surface area contributed by atoms with E-state index in [0.717, 1.165) is 6.42 Å². The molecule has 1 aromatic rings. The topological polar surface area (TPSA) is 29.9 Å². The van der Waals surface area contributed by atoms with Gasteiger partial charge >= 0.3 is 0 Å². The molecule has 1 rings (SSSR count). The monoisotopic (exact) mass is 245 g/mol. The van der Waals surface area contributed by atoms with Crippen LogP contribution in [0.5, 0.6) is 0 Å².